The summed E-state index contributed by atoms with van der Waals surface area (Å²) in [5, 5.41) is 11.1. The van der Waals surface area contributed by atoms with Crippen LogP contribution in [0.15, 0.2) is 40.6 Å². The SMILES string of the molecule is O=C(O)c1sccc1CS(=O)c1ccccc1Cl. The smallest absolute Gasteiger partial charge is 0.346 e. The molecular weight excluding hydrogens is 292 g/mol. The van der Waals surface area contributed by atoms with E-state index in [9.17, 15) is 9.00 Å². The summed E-state index contributed by atoms with van der Waals surface area (Å²) in [6.07, 6.45) is 0. The molecule has 0 radical (unpaired) electrons. The van der Waals surface area contributed by atoms with Crippen LogP contribution in [0.2, 0.25) is 5.02 Å². The third kappa shape index (κ3) is 2.80. The zero-order valence-corrected chi connectivity index (χ0v) is 11.5. The fraction of sp³-hybridized carbons (Fsp3) is 0.0833. The van der Waals surface area contributed by atoms with Crippen molar-refractivity contribution in [2.24, 2.45) is 0 Å². The van der Waals surface area contributed by atoms with E-state index in [1.807, 2.05) is 0 Å². The predicted octanol–water partition coefficient (Wildman–Crippen LogP) is 3.41. The van der Waals surface area contributed by atoms with Crippen LogP contribution in [0.4, 0.5) is 0 Å². The summed E-state index contributed by atoms with van der Waals surface area (Å²) in [5.74, 6) is -0.828. The minimum atomic E-state index is -1.34. The summed E-state index contributed by atoms with van der Waals surface area (Å²) < 4.78 is 12.1. The first-order valence-corrected chi connectivity index (χ1v) is 7.60. The molecule has 3 nitrogen and oxygen atoms in total. The number of hydrogen-bond acceptors (Lipinski definition) is 3. The summed E-state index contributed by atoms with van der Waals surface area (Å²) >= 11 is 7.09. The molecule has 0 aliphatic heterocycles. The van der Waals surface area contributed by atoms with Crippen molar-refractivity contribution < 1.29 is 14.1 Å². The molecule has 0 fully saturated rings. The largest absolute Gasteiger partial charge is 0.477 e. The minimum absolute atomic E-state index is 0.162. The Hall–Kier alpha value is -1.17. The Kier molecular flexibility index (Phi) is 4.16. The highest BCUT2D eigenvalue weighted by Crippen LogP contribution is 2.24. The highest BCUT2D eigenvalue weighted by Gasteiger charge is 2.16. The molecule has 1 heterocycles. The van der Waals surface area contributed by atoms with Crippen molar-refractivity contribution in [3.05, 3.63) is 51.2 Å². The first kappa shape index (κ1) is 13.3. The number of aromatic carboxylic acids is 1. The Balaban J connectivity index is 2.25. The second kappa shape index (κ2) is 5.65. The van der Waals surface area contributed by atoms with Gasteiger partial charge in [0.25, 0.3) is 0 Å². The van der Waals surface area contributed by atoms with E-state index >= 15 is 0 Å². The standard InChI is InChI=1S/C12H9ClO3S2/c13-9-3-1-2-4-10(9)18(16)7-8-5-6-17-11(8)12(14)15/h1-6H,7H2,(H,14,15). The van der Waals surface area contributed by atoms with E-state index in [1.165, 1.54) is 0 Å². The first-order chi connectivity index (χ1) is 8.59. The molecule has 0 amide bonds. The van der Waals surface area contributed by atoms with E-state index in [4.69, 9.17) is 16.7 Å². The molecule has 1 N–H and O–H groups in total. The molecule has 2 rings (SSSR count). The van der Waals surface area contributed by atoms with Crippen LogP contribution < -0.4 is 0 Å². The van der Waals surface area contributed by atoms with Gasteiger partial charge < -0.3 is 5.11 Å². The van der Waals surface area contributed by atoms with Crippen molar-refractivity contribution in [2.45, 2.75) is 10.6 Å². The Morgan fingerprint density at radius 1 is 1.33 bits per heavy atom. The number of halogens is 1. The summed E-state index contributed by atoms with van der Waals surface area (Å²) in [4.78, 5) is 11.7. The fourth-order valence-corrected chi connectivity index (χ4v) is 3.93. The third-order valence-corrected chi connectivity index (χ3v) is 5.12. The maximum atomic E-state index is 12.1. The number of thiophene rings is 1. The van der Waals surface area contributed by atoms with Crippen LogP contribution >= 0.6 is 22.9 Å². The molecule has 0 spiro atoms. The van der Waals surface area contributed by atoms with E-state index in [0.717, 1.165) is 11.3 Å². The molecule has 0 saturated carbocycles. The van der Waals surface area contributed by atoms with Gasteiger partial charge in [0.15, 0.2) is 0 Å². The van der Waals surface area contributed by atoms with E-state index in [2.05, 4.69) is 0 Å². The predicted molar refractivity (Wildman–Crippen MR) is 72.8 cm³/mol. The van der Waals surface area contributed by atoms with Gasteiger partial charge in [-0.3, -0.25) is 4.21 Å². The van der Waals surface area contributed by atoms with Crippen molar-refractivity contribution in [1.29, 1.82) is 0 Å². The van der Waals surface area contributed by atoms with E-state index in [0.29, 0.717) is 15.5 Å². The fourth-order valence-electron chi connectivity index (χ4n) is 1.49. The summed E-state index contributed by atoms with van der Waals surface area (Å²) in [5.41, 5.74) is 0.575. The molecular formula is C12H9ClO3S2. The van der Waals surface area contributed by atoms with Crippen LogP contribution in [0.3, 0.4) is 0 Å². The van der Waals surface area contributed by atoms with Crippen molar-refractivity contribution in [1.82, 2.24) is 0 Å². The molecule has 6 heteroatoms. The Bertz CT molecular complexity index is 607. The highest BCUT2D eigenvalue weighted by molar-refractivity contribution is 7.84. The molecule has 1 unspecified atom stereocenters. The third-order valence-electron chi connectivity index (χ3n) is 2.31. The van der Waals surface area contributed by atoms with Crippen molar-refractivity contribution >= 4 is 39.7 Å². The Morgan fingerprint density at radius 2 is 2.06 bits per heavy atom. The lowest BCUT2D eigenvalue weighted by atomic mass is 10.3. The molecule has 0 saturated heterocycles. The molecule has 0 aliphatic rings. The van der Waals surface area contributed by atoms with Crippen LogP contribution in [0, 0.1) is 0 Å². The van der Waals surface area contributed by atoms with Gasteiger partial charge in [0.05, 0.1) is 26.5 Å². The van der Waals surface area contributed by atoms with Crippen LogP contribution in [-0.2, 0) is 16.6 Å². The zero-order valence-electron chi connectivity index (χ0n) is 9.13. The van der Waals surface area contributed by atoms with Crippen LogP contribution in [0.5, 0.6) is 0 Å². The van der Waals surface area contributed by atoms with E-state index in [1.54, 1.807) is 35.7 Å². The lowest BCUT2D eigenvalue weighted by Gasteiger charge is -2.04. The van der Waals surface area contributed by atoms with Gasteiger partial charge in [0.1, 0.15) is 4.88 Å². The van der Waals surface area contributed by atoms with Crippen molar-refractivity contribution in [2.75, 3.05) is 0 Å². The molecule has 0 bridgehead atoms. The van der Waals surface area contributed by atoms with Crippen LogP contribution in [0.1, 0.15) is 15.2 Å². The van der Waals surface area contributed by atoms with Gasteiger partial charge in [-0.2, -0.15) is 0 Å². The van der Waals surface area contributed by atoms with Gasteiger partial charge in [-0.05, 0) is 29.1 Å². The van der Waals surface area contributed by atoms with Crippen LogP contribution in [-0.4, -0.2) is 15.3 Å². The zero-order chi connectivity index (χ0) is 13.1. The van der Waals surface area contributed by atoms with Crippen molar-refractivity contribution in [3.8, 4) is 0 Å². The first-order valence-electron chi connectivity index (χ1n) is 5.02. The topological polar surface area (TPSA) is 54.4 Å². The summed E-state index contributed by atoms with van der Waals surface area (Å²) in [6.45, 7) is 0. The Labute approximate surface area is 115 Å². The van der Waals surface area contributed by atoms with Gasteiger partial charge >= 0.3 is 5.97 Å². The molecule has 2 aromatic rings. The number of rotatable bonds is 4. The quantitative estimate of drug-likeness (QED) is 0.941. The summed E-state index contributed by atoms with van der Waals surface area (Å²) in [7, 11) is -1.34. The van der Waals surface area contributed by atoms with Gasteiger partial charge in [0.2, 0.25) is 0 Å². The van der Waals surface area contributed by atoms with Gasteiger partial charge in [0, 0.05) is 0 Å². The molecule has 1 atom stereocenters. The lowest BCUT2D eigenvalue weighted by Crippen LogP contribution is -2.02. The summed E-state index contributed by atoms with van der Waals surface area (Å²) in [6, 6.07) is 8.55. The monoisotopic (exact) mass is 300 g/mol. The Morgan fingerprint density at radius 3 is 2.72 bits per heavy atom. The van der Waals surface area contributed by atoms with E-state index in [-0.39, 0.29) is 10.6 Å². The number of hydrogen-bond donors (Lipinski definition) is 1. The molecule has 0 aliphatic carbocycles. The lowest BCUT2D eigenvalue weighted by molar-refractivity contribution is 0.0701. The van der Waals surface area contributed by atoms with Gasteiger partial charge in [-0.25, -0.2) is 4.79 Å². The molecule has 18 heavy (non-hydrogen) atoms. The number of carbonyl (C=O) groups is 1. The van der Waals surface area contributed by atoms with E-state index < -0.39 is 16.8 Å². The molecule has 94 valence electrons. The van der Waals surface area contributed by atoms with Crippen LogP contribution in [0.25, 0.3) is 0 Å². The molecule has 1 aromatic carbocycles. The highest BCUT2D eigenvalue weighted by atomic mass is 35.5. The maximum Gasteiger partial charge on any atom is 0.346 e. The maximum absolute atomic E-state index is 12.1. The second-order valence-electron chi connectivity index (χ2n) is 3.50. The number of benzene rings is 1. The van der Waals surface area contributed by atoms with Crippen molar-refractivity contribution in [3.63, 3.8) is 0 Å². The minimum Gasteiger partial charge on any atom is -0.477 e. The number of carboxylic acids is 1. The normalized spacial score (nSPS) is 12.3. The average Bonchev–Trinajstić information content (AvgIpc) is 2.77. The molecule has 1 aromatic heterocycles. The second-order valence-corrected chi connectivity index (χ2v) is 6.24. The van der Waals surface area contributed by atoms with Gasteiger partial charge in [-0.15, -0.1) is 11.3 Å². The van der Waals surface area contributed by atoms with Gasteiger partial charge in [-0.1, -0.05) is 23.7 Å². The average molecular weight is 301 g/mol. The number of carboxylic acid groups (broad SMARTS) is 1.